The zero-order valence-corrected chi connectivity index (χ0v) is 12.6. The molecule has 0 amide bonds. The fraction of sp³-hybridized carbons (Fsp3) is 0.647. The Bertz CT molecular complexity index is 444. The smallest absolute Gasteiger partial charge is 0.142 e. The molecule has 1 saturated carbocycles. The quantitative estimate of drug-likeness (QED) is 0.893. The summed E-state index contributed by atoms with van der Waals surface area (Å²) in [5.41, 5.74) is 1.27. The SMILES string of the molecule is CCOc1ccccc1N1CC(C2CC2)NCC1CC. The van der Waals surface area contributed by atoms with E-state index in [-0.39, 0.29) is 0 Å². The van der Waals surface area contributed by atoms with Crippen molar-refractivity contribution in [3.8, 4) is 5.75 Å². The van der Waals surface area contributed by atoms with Gasteiger partial charge in [0.15, 0.2) is 0 Å². The Balaban J connectivity index is 1.84. The third-order valence-corrected chi connectivity index (χ3v) is 4.59. The van der Waals surface area contributed by atoms with Crippen LogP contribution in [0.3, 0.4) is 0 Å². The average molecular weight is 274 g/mol. The van der Waals surface area contributed by atoms with Crippen LogP contribution in [0.25, 0.3) is 0 Å². The van der Waals surface area contributed by atoms with Gasteiger partial charge in [-0.05, 0) is 44.2 Å². The van der Waals surface area contributed by atoms with Crippen LogP contribution in [0.5, 0.6) is 5.75 Å². The number of anilines is 1. The van der Waals surface area contributed by atoms with Crippen LogP contribution in [0.4, 0.5) is 5.69 Å². The summed E-state index contributed by atoms with van der Waals surface area (Å²) in [5.74, 6) is 1.93. The van der Waals surface area contributed by atoms with Crippen molar-refractivity contribution < 1.29 is 4.74 Å². The van der Waals surface area contributed by atoms with Crippen LogP contribution in [-0.4, -0.2) is 31.8 Å². The highest BCUT2D eigenvalue weighted by Crippen LogP contribution is 2.37. The summed E-state index contributed by atoms with van der Waals surface area (Å²) in [6.07, 6.45) is 3.97. The molecule has 2 fully saturated rings. The van der Waals surface area contributed by atoms with E-state index in [1.165, 1.54) is 24.9 Å². The van der Waals surface area contributed by atoms with E-state index in [4.69, 9.17) is 4.74 Å². The van der Waals surface area contributed by atoms with Crippen LogP contribution < -0.4 is 15.0 Å². The number of nitrogens with one attached hydrogen (secondary N) is 1. The number of benzene rings is 1. The first-order valence-electron chi connectivity index (χ1n) is 8.05. The molecule has 1 aromatic carbocycles. The Labute approximate surface area is 122 Å². The highest BCUT2D eigenvalue weighted by Gasteiger charge is 2.37. The Morgan fingerprint density at radius 2 is 2.05 bits per heavy atom. The van der Waals surface area contributed by atoms with Crippen LogP contribution in [-0.2, 0) is 0 Å². The Morgan fingerprint density at radius 3 is 2.75 bits per heavy atom. The van der Waals surface area contributed by atoms with Crippen molar-refractivity contribution in [1.29, 1.82) is 0 Å². The zero-order valence-electron chi connectivity index (χ0n) is 12.6. The van der Waals surface area contributed by atoms with E-state index >= 15 is 0 Å². The first kappa shape index (κ1) is 13.7. The van der Waals surface area contributed by atoms with Gasteiger partial charge in [-0.15, -0.1) is 0 Å². The standard InChI is InChI=1S/C17H26N2O/c1-3-14-11-18-15(13-9-10-13)12-19(14)16-7-5-6-8-17(16)20-4-2/h5-8,13-15,18H,3-4,9-12H2,1-2H3. The van der Waals surface area contributed by atoms with Gasteiger partial charge in [0.05, 0.1) is 12.3 Å². The van der Waals surface area contributed by atoms with Gasteiger partial charge < -0.3 is 15.0 Å². The molecule has 1 aliphatic heterocycles. The van der Waals surface area contributed by atoms with Gasteiger partial charge in [0, 0.05) is 25.2 Å². The molecule has 1 aliphatic carbocycles. The van der Waals surface area contributed by atoms with Crippen molar-refractivity contribution >= 4 is 5.69 Å². The largest absolute Gasteiger partial charge is 0.492 e. The number of rotatable bonds is 5. The van der Waals surface area contributed by atoms with Gasteiger partial charge in [0.2, 0.25) is 0 Å². The normalized spacial score (nSPS) is 26.6. The molecular weight excluding hydrogens is 248 g/mol. The molecule has 0 bridgehead atoms. The summed E-state index contributed by atoms with van der Waals surface area (Å²) in [4.78, 5) is 2.57. The van der Waals surface area contributed by atoms with Gasteiger partial charge in [-0.25, -0.2) is 0 Å². The van der Waals surface area contributed by atoms with Gasteiger partial charge >= 0.3 is 0 Å². The molecule has 20 heavy (non-hydrogen) atoms. The lowest BCUT2D eigenvalue weighted by Gasteiger charge is -2.42. The Morgan fingerprint density at radius 1 is 1.25 bits per heavy atom. The van der Waals surface area contributed by atoms with Crippen LogP contribution in [0, 0.1) is 5.92 Å². The molecule has 0 aromatic heterocycles. The summed E-state index contributed by atoms with van der Waals surface area (Å²) in [6.45, 7) is 7.27. The molecule has 1 saturated heterocycles. The first-order chi connectivity index (χ1) is 9.83. The molecule has 0 radical (unpaired) electrons. The molecule has 2 unspecified atom stereocenters. The van der Waals surface area contributed by atoms with Gasteiger partial charge in [-0.1, -0.05) is 19.1 Å². The van der Waals surface area contributed by atoms with Crippen LogP contribution in [0.2, 0.25) is 0 Å². The summed E-state index contributed by atoms with van der Waals surface area (Å²) in [6, 6.07) is 9.73. The second-order valence-electron chi connectivity index (χ2n) is 5.97. The average Bonchev–Trinajstić information content (AvgIpc) is 3.32. The van der Waals surface area contributed by atoms with Crippen molar-refractivity contribution in [1.82, 2.24) is 5.32 Å². The van der Waals surface area contributed by atoms with Crippen molar-refractivity contribution in [3.63, 3.8) is 0 Å². The van der Waals surface area contributed by atoms with Gasteiger partial charge in [-0.3, -0.25) is 0 Å². The van der Waals surface area contributed by atoms with Gasteiger partial charge in [0.1, 0.15) is 5.75 Å². The predicted molar refractivity (Wildman–Crippen MR) is 83.6 cm³/mol. The minimum atomic E-state index is 0.576. The van der Waals surface area contributed by atoms with E-state index in [1.807, 2.05) is 0 Å². The maximum absolute atomic E-state index is 5.83. The van der Waals surface area contributed by atoms with Crippen molar-refractivity contribution in [2.75, 3.05) is 24.6 Å². The van der Waals surface area contributed by atoms with E-state index < -0.39 is 0 Å². The van der Waals surface area contributed by atoms with Gasteiger partial charge in [0.25, 0.3) is 0 Å². The zero-order chi connectivity index (χ0) is 13.9. The topological polar surface area (TPSA) is 24.5 Å². The van der Waals surface area contributed by atoms with E-state index in [0.717, 1.165) is 31.4 Å². The molecular formula is C17H26N2O. The summed E-state index contributed by atoms with van der Waals surface area (Å²) in [7, 11) is 0. The second-order valence-corrected chi connectivity index (χ2v) is 5.97. The van der Waals surface area contributed by atoms with Crippen LogP contribution in [0.1, 0.15) is 33.1 Å². The van der Waals surface area contributed by atoms with Crippen molar-refractivity contribution in [3.05, 3.63) is 24.3 Å². The molecule has 1 heterocycles. The molecule has 3 nitrogen and oxygen atoms in total. The lowest BCUT2D eigenvalue weighted by Crippen LogP contribution is -2.57. The third-order valence-electron chi connectivity index (χ3n) is 4.59. The third kappa shape index (κ3) is 2.78. The molecule has 3 rings (SSSR count). The Kier molecular flexibility index (Phi) is 4.16. The lowest BCUT2D eigenvalue weighted by molar-refractivity contribution is 0.329. The predicted octanol–water partition coefficient (Wildman–Crippen LogP) is 3.05. The molecule has 0 spiro atoms. The monoisotopic (exact) mass is 274 g/mol. The summed E-state index contributed by atoms with van der Waals surface area (Å²) >= 11 is 0. The number of ether oxygens (including phenoxy) is 1. The fourth-order valence-electron chi connectivity index (χ4n) is 3.27. The molecule has 2 aliphatic rings. The summed E-state index contributed by atoms with van der Waals surface area (Å²) < 4.78 is 5.83. The van der Waals surface area contributed by atoms with Crippen molar-refractivity contribution in [2.24, 2.45) is 5.92 Å². The molecule has 1 aromatic rings. The van der Waals surface area contributed by atoms with Crippen LogP contribution >= 0.6 is 0 Å². The maximum atomic E-state index is 5.83. The minimum absolute atomic E-state index is 0.576. The molecule has 110 valence electrons. The molecule has 3 heteroatoms. The number of piperazine rings is 1. The number of nitrogens with zero attached hydrogens (tertiary/aromatic N) is 1. The molecule has 1 N–H and O–H groups in total. The van der Waals surface area contributed by atoms with E-state index in [1.54, 1.807) is 0 Å². The first-order valence-corrected chi connectivity index (χ1v) is 8.05. The Hall–Kier alpha value is -1.22. The van der Waals surface area contributed by atoms with Crippen molar-refractivity contribution in [2.45, 2.75) is 45.2 Å². The second kappa shape index (κ2) is 6.04. The highest BCUT2D eigenvalue weighted by atomic mass is 16.5. The number of hydrogen-bond donors (Lipinski definition) is 1. The van der Waals surface area contributed by atoms with E-state index in [2.05, 4.69) is 48.3 Å². The summed E-state index contributed by atoms with van der Waals surface area (Å²) in [5, 5.41) is 3.75. The lowest BCUT2D eigenvalue weighted by atomic mass is 10.0. The molecule has 2 atom stereocenters. The number of para-hydroxylation sites is 2. The minimum Gasteiger partial charge on any atom is -0.492 e. The van der Waals surface area contributed by atoms with Gasteiger partial charge in [-0.2, -0.15) is 0 Å². The van der Waals surface area contributed by atoms with E-state index in [0.29, 0.717) is 12.1 Å². The van der Waals surface area contributed by atoms with Crippen LogP contribution in [0.15, 0.2) is 24.3 Å². The highest BCUT2D eigenvalue weighted by molar-refractivity contribution is 5.59. The number of hydrogen-bond acceptors (Lipinski definition) is 3. The maximum Gasteiger partial charge on any atom is 0.142 e. The van der Waals surface area contributed by atoms with E-state index in [9.17, 15) is 0 Å². The fourth-order valence-corrected chi connectivity index (χ4v) is 3.27.